The van der Waals surface area contributed by atoms with Crippen molar-refractivity contribution >= 4 is 37.8 Å². The molecule has 0 unspecified atom stereocenters. The monoisotopic (exact) mass is 376 g/mol. The molecule has 23 heavy (non-hydrogen) atoms. The molecule has 0 aliphatic rings. The van der Waals surface area contributed by atoms with Crippen LogP contribution in [0.1, 0.15) is 19.5 Å². The quantitative estimate of drug-likeness (QED) is 0.839. The van der Waals surface area contributed by atoms with Gasteiger partial charge in [0.15, 0.2) is 5.13 Å². The highest BCUT2D eigenvalue weighted by Crippen LogP contribution is 2.23. The first-order valence-corrected chi connectivity index (χ1v) is 10.7. The number of nitrogens with one attached hydrogen (secondary N) is 1. The average molecular weight is 377 g/mol. The Kier molecular flexibility index (Phi) is 7.59. The van der Waals surface area contributed by atoms with Crippen LogP contribution >= 0.6 is 22.7 Å². The normalized spacial score (nSPS) is 11.7. The molecule has 0 aliphatic heterocycles. The SMILES string of the molecule is Cc1csc(N(C)CC(C)(C)CNS(C)(=O)=O)n1.c1cscn1. The van der Waals surface area contributed by atoms with E-state index >= 15 is 0 Å². The van der Waals surface area contributed by atoms with Crippen molar-refractivity contribution in [1.29, 1.82) is 0 Å². The lowest BCUT2D eigenvalue weighted by Gasteiger charge is -2.30. The second kappa shape index (κ2) is 8.72. The van der Waals surface area contributed by atoms with Gasteiger partial charge in [0.1, 0.15) is 0 Å². The van der Waals surface area contributed by atoms with Crippen LogP contribution in [-0.2, 0) is 10.0 Å². The third-order valence-corrected chi connectivity index (χ3v) is 5.02. The van der Waals surface area contributed by atoms with Crippen molar-refractivity contribution in [2.45, 2.75) is 20.8 Å². The Labute approximate surface area is 146 Å². The molecule has 0 aromatic carbocycles. The molecule has 0 aliphatic carbocycles. The van der Waals surface area contributed by atoms with Gasteiger partial charge in [-0.3, -0.25) is 4.98 Å². The molecule has 6 nitrogen and oxygen atoms in total. The van der Waals surface area contributed by atoms with E-state index in [0.717, 1.165) is 17.4 Å². The third-order valence-electron chi connectivity index (χ3n) is 2.76. The number of rotatable bonds is 6. The van der Waals surface area contributed by atoms with Gasteiger partial charge in [0.25, 0.3) is 0 Å². The predicted molar refractivity (Wildman–Crippen MR) is 98.9 cm³/mol. The van der Waals surface area contributed by atoms with Crippen LogP contribution in [0, 0.1) is 12.3 Å². The van der Waals surface area contributed by atoms with E-state index in [2.05, 4.69) is 19.6 Å². The van der Waals surface area contributed by atoms with Gasteiger partial charge in [0.2, 0.25) is 10.0 Å². The zero-order valence-corrected chi connectivity index (χ0v) is 16.6. The molecule has 2 rings (SSSR count). The number of thiazole rings is 2. The lowest BCUT2D eigenvalue weighted by atomic mass is 9.93. The molecule has 2 heterocycles. The summed E-state index contributed by atoms with van der Waals surface area (Å²) in [5.41, 5.74) is 2.64. The Balaban J connectivity index is 0.000000446. The van der Waals surface area contributed by atoms with E-state index in [4.69, 9.17) is 0 Å². The second-order valence-electron chi connectivity index (χ2n) is 6.06. The van der Waals surface area contributed by atoms with Gasteiger partial charge in [0, 0.05) is 37.1 Å². The molecular formula is C14H24N4O2S3. The fourth-order valence-corrected chi connectivity index (χ4v) is 3.56. The lowest BCUT2D eigenvalue weighted by Crippen LogP contribution is -2.40. The molecule has 0 fully saturated rings. The number of anilines is 1. The molecule has 0 atom stereocenters. The van der Waals surface area contributed by atoms with E-state index < -0.39 is 10.0 Å². The van der Waals surface area contributed by atoms with Gasteiger partial charge in [-0.2, -0.15) is 0 Å². The number of aryl methyl sites for hydroxylation is 1. The number of aromatic nitrogens is 2. The Bertz CT molecular complexity index is 649. The molecule has 130 valence electrons. The summed E-state index contributed by atoms with van der Waals surface area (Å²) in [6.07, 6.45) is 2.95. The number of nitrogens with zero attached hydrogens (tertiary/aromatic N) is 3. The van der Waals surface area contributed by atoms with E-state index in [1.165, 1.54) is 6.26 Å². The molecule has 0 saturated heterocycles. The summed E-state index contributed by atoms with van der Waals surface area (Å²) in [7, 11) is -1.16. The molecule has 0 amide bonds. The van der Waals surface area contributed by atoms with E-state index in [9.17, 15) is 8.42 Å². The van der Waals surface area contributed by atoms with Gasteiger partial charge in [-0.05, 0) is 12.3 Å². The van der Waals surface area contributed by atoms with Gasteiger partial charge in [0.05, 0.1) is 17.5 Å². The zero-order valence-electron chi connectivity index (χ0n) is 14.1. The van der Waals surface area contributed by atoms with Gasteiger partial charge in [-0.1, -0.05) is 13.8 Å². The second-order valence-corrected chi connectivity index (χ2v) is 9.49. The van der Waals surface area contributed by atoms with E-state index in [1.807, 2.05) is 38.6 Å². The molecule has 9 heteroatoms. The molecule has 0 radical (unpaired) electrons. The van der Waals surface area contributed by atoms with Crippen molar-refractivity contribution in [3.63, 3.8) is 0 Å². The van der Waals surface area contributed by atoms with Crippen molar-refractivity contribution in [3.8, 4) is 0 Å². The van der Waals surface area contributed by atoms with E-state index in [-0.39, 0.29) is 5.41 Å². The van der Waals surface area contributed by atoms with Crippen LogP contribution in [0.3, 0.4) is 0 Å². The third kappa shape index (κ3) is 8.99. The van der Waals surface area contributed by atoms with E-state index in [1.54, 1.807) is 34.4 Å². The van der Waals surface area contributed by atoms with Crippen molar-refractivity contribution in [3.05, 3.63) is 28.2 Å². The Morgan fingerprint density at radius 3 is 2.48 bits per heavy atom. The maximum atomic E-state index is 11.1. The fraction of sp³-hybridized carbons (Fsp3) is 0.571. The van der Waals surface area contributed by atoms with Gasteiger partial charge >= 0.3 is 0 Å². The minimum Gasteiger partial charge on any atom is -0.351 e. The summed E-state index contributed by atoms with van der Waals surface area (Å²) >= 11 is 3.20. The highest BCUT2D eigenvalue weighted by molar-refractivity contribution is 7.88. The van der Waals surface area contributed by atoms with Crippen LogP contribution in [0.5, 0.6) is 0 Å². The van der Waals surface area contributed by atoms with Crippen LogP contribution in [0.25, 0.3) is 0 Å². The van der Waals surface area contributed by atoms with Crippen LogP contribution < -0.4 is 9.62 Å². The molecular weight excluding hydrogens is 352 g/mol. The molecule has 1 N–H and O–H groups in total. The standard InChI is InChI=1S/C11H21N3O2S2.C3H3NS/c1-9-6-17-10(13-9)14(4)8-11(2,3)7-12-18(5,15)16;1-2-5-3-4-1/h6,12H,7-8H2,1-5H3;1-3H. The summed E-state index contributed by atoms with van der Waals surface area (Å²) in [6.45, 7) is 7.18. The first kappa shape index (κ1) is 20.0. The number of sulfonamides is 1. The number of hydrogen-bond acceptors (Lipinski definition) is 7. The van der Waals surface area contributed by atoms with E-state index in [0.29, 0.717) is 6.54 Å². The summed E-state index contributed by atoms with van der Waals surface area (Å²) in [5, 5.41) is 4.90. The molecule has 2 aromatic rings. The van der Waals surface area contributed by atoms with Gasteiger partial charge in [-0.25, -0.2) is 18.1 Å². The maximum absolute atomic E-state index is 11.1. The van der Waals surface area contributed by atoms with Crippen molar-refractivity contribution < 1.29 is 8.42 Å². The highest BCUT2D eigenvalue weighted by atomic mass is 32.2. The minimum absolute atomic E-state index is 0.155. The zero-order chi connectivity index (χ0) is 17.5. The van der Waals surface area contributed by atoms with Crippen LogP contribution in [-0.4, -0.2) is 44.8 Å². The summed E-state index contributed by atoms with van der Waals surface area (Å²) in [6, 6.07) is 0. The Morgan fingerprint density at radius 1 is 1.39 bits per heavy atom. The number of hydrogen-bond donors (Lipinski definition) is 1. The Hall–Kier alpha value is -1.03. The van der Waals surface area contributed by atoms with Crippen LogP contribution in [0.15, 0.2) is 22.5 Å². The lowest BCUT2D eigenvalue weighted by molar-refractivity contribution is 0.369. The van der Waals surface area contributed by atoms with Crippen LogP contribution in [0.2, 0.25) is 0 Å². The van der Waals surface area contributed by atoms with Crippen molar-refractivity contribution in [2.75, 3.05) is 31.3 Å². The predicted octanol–water partition coefficient (Wildman–Crippen LogP) is 2.61. The minimum atomic E-state index is -3.14. The fourth-order valence-electron chi connectivity index (χ4n) is 1.78. The average Bonchev–Trinajstić information content (AvgIpc) is 3.09. The van der Waals surface area contributed by atoms with Crippen molar-refractivity contribution in [2.24, 2.45) is 5.41 Å². The first-order chi connectivity index (χ1) is 10.6. The molecule has 0 spiro atoms. The summed E-state index contributed by atoms with van der Waals surface area (Å²) in [4.78, 5) is 10.2. The molecule has 0 bridgehead atoms. The van der Waals surface area contributed by atoms with Crippen LogP contribution in [0.4, 0.5) is 5.13 Å². The summed E-state index contributed by atoms with van der Waals surface area (Å²) < 4.78 is 24.8. The van der Waals surface area contributed by atoms with Gasteiger partial charge < -0.3 is 4.90 Å². The molecule has 2 aromatic heterocycles. The summed E-state index contributed by atoms with van der Waals surface area (Å²) in [5.74, 6) is 0. The largest absolute Gasteiger partial charge is 0.351 e. The highest BCUT2D eigenvalue weighted by Gasteiger charge is 2.22. The first-order valence-electron chi connectivity index (χ1n) is 6.99. The van der Waals surface area contributed by atoms with Gasteiger partial charge in [-0.15, -0.1) is 22.7 Å². The van der Waals surface area contributed by atoms with Crippen molar-refractivity contribution in [1.82, 2.24) is 14.7 Å². The molecule has 0 saturated carbocycles. The maximum Gasteiger partial charge on any atom is 0.208 e. The smallest absolute Gasteiger partial charge is 0.208 e. The topological polar surface area (TPSA) is 75.2 Å². The Morgan fingerprint density at radius 2 is 2.09 bits per heavy atom.